The third-order valence-electron chi connectivity index (χ3n) is 2.98. The lowest BCUT2D eigenvalue weighted by Gasteiger charge is -2.36. The van der Waals surface area contributed by atoms with Crippen molar-refractivity contribution in [1.29, 1.82) is 5.26 Å². The molecule has 2 heteroatoms. The Bertz CT molecular complexity index is 348. The Morgan fingerprint density at radius 1 is 1.29 bits per heavy atom. The molecule has 1 unspecified atom stereocenters. The maximum Gasteiger partial charge on any atom is 0.113 e. The predicted molar refractivity (Wildman–Crippen MR) is 60.9 cm³/mol. The zero-order chi connectivity index (χ0) is 10.0. The molecule has 0 radical (unpaired) electrons. The summed E-state index contributed by atoms with van der Waals surface area (Å²) in [5, 5.41) is 9.32. The van der Waals surface area contributed by atoms with Crippen LogP contribution < -0.4 is 0 Å². The molecule has 0 aromatic rings. The Balaban J connectivity index is 2.42. The van der Waals surface area contributed by atoms with Gasteiger partial charge in [0.15, 0.2) is 0 Å². The highest BCUT2D eigenvalue weighted by Gasteiger charge is 2.40. The SMILES string of the molecule is CSC1(C#N)C[C@@H]2C=C[C@H]1/C=C\C=C/2. The second-order valence-corrected chi connectivity index (χ2v) is 4.89. The van der Waals surface area contributed by atoms with Gasteiger partial charge >= 0.3 is 0 Å². The normalized spacial score (nSPS) is 43.7. The molecule has 0 heterocycles. The van der Waals surface area contributed by atoms with Gasteiger partial charge in [0.1, 0.15) is 4.75 Å². The Kier molecular flexibility index (Phi) is 2.52. The van der Waals surface area contributed by atoms with E-state index in [0.717, 1.165) is 6.42 Å². The molecule has 0 aromatic carbocycles. The van der Waals surface area contributed by atoms with Gasteiger partial charge in [-0.3, -0.25) is 0 Å². The van der Waals surface area contributed by atoms with Crippen molar-refractivity contribution in [3.8, 4) is 6.07 Å². The van der Waals surface area contributed by atoms with E-state index in [4.69, 9.17) is 0 Å². The average molecular weight is 203 g/mol. The van der Waals surface area contributed by atoms with Crippen molar-refractivity contribution in [2.75, 3.05) is 6.26 Å². The van der Waals surface area contributed by atoms with Gasteiger partial charge in [0, 0.05) is 5.92 Å². The number of nitriles is 1. The van der Waals surface area contributed by atoms with E-state index in [0.29, 0.717) is 5.92 Å². The Morgan fingerprint density at radius 3 is 2.79 bits per heavy atom. The molecule has 2 bridgehead atoms. The Morgan fingerprint density at radius 2 is 2.07 bits per heavy atom. The van der Waals surface area contributed by atoms with E-state index in [1.54, 1.807) is 11.8 Å². The van der Waals surface area contributed by atoms with Crippen LogP contribution in [-0.2, 0) is 0 Å². The molecule has 0 spiro atoms. The second kappa shape index (κ2) is 3.67. The quantitative estimate of drug-likeness (QED) is 0.612. The first kappa shape index (κ1) is 9.61. The molecule has 0 amide bonds. The summed E-state index contributed by atoms with van der Waals surface area (Å²) in [5.74, 6) is 0.701. The lowest BCUT2D eigenvalue weighted by molar-refractivity contribution is 0.499. The number of hydrogen-bond acceptors (Lipinski definition) is 2. The van der Waals surface area contributed by atoms with Gasteiger partial charge in [0.05, 0.1) is 6.07 Å². The van der Waals surface area contributed by atoms with Gasteiger partial charge < -0.3 is 0 Å². The van der Waals surface area contributed by atoms with Crippen molar-refractivity contribution in [3.63, 3.8) is 0 Å². The van der Waals surface area contributed by atoms with E-state index in [9.17, 15) is 5.26 Å². The molecule has 3 rings (SSSR count). The summed E-state index contributed by atoms with van der Waals surface area (Å²) in [7, 11) is 0. The lowest BCUT2D eigenvalue weighted by Crippen LogP contribution is -2.35. The summed E-state index contributed by atoms with van der Waals surface area (Å²) in [5.41, 5.74) is 0. The number of rotatable bonds is 1. The molecule has 0 N–H and O–H groups in total. The molecule has 0 aliphatic heterocycles. The van der Waals surface area contributed by atoms with Crippen molar-refractivity contribution in [2.24, 2.45) is 11.8 Å². The third-order valence-corrected chi connectivity index (χ3v) is 4.24. The number of allylic oxidation sites excluding steroid dienone is 6. The van der Waals surface area contributed by atoms with E-state index < -0.39 is 0 Å². The molecule has 72 valence electrons. The molecule has 0 fully saturated rings. The minimum Gasteiger partial charge on any atom is -0.197 e. The average Bonchev–Trinajstić information content (AvgIpc) is 2.18. The molecular weight excluding hydrogens is 190 g/mol. The first-order chi connectivity index (χ1) is 6.80. The first-order valence-electron chi connectivity index (χ1n) is 4.80. The van der Waals surface area contributed by atoms with E-state index in [-0.39, 0.29) is 10.7 Å². The van der Waals surface area contributed by atoms with E-state index in [1.807, 2.05) is 6.26 Å². The van der Waals surface area contributed by atoms with Gasteiger partial charge in [0.25, 0.3) is 0 Å². The zero-order valence-corrected chi connectivity index (χ0v) is 9.00. The van der Waals surface area contributed by atoms with Crippen LogP contribution in [0.5, 0.6) is 0 Å². The van der Waals surface area contributed by atoms with E-state index in [2.05, 4.69) is 42.5 Å². The summed E-state index contributed by atoms with van der Waals surface area (Å²) in [6.45, 7) is 0. The van der Waals surface area contributed by atoms with E-state index in [1.165, 1.54) is 0 Å². The molecule has 3 aliphatic carbocycles. The standard InChI is InChI=1S/C12H13NS/c1-14-12(9-13)8-10-4-2-3-5-11(12)7-6-10/h2-7,10-11H,8H2,1H3/b4-2-,5-3-/t10-,11+,12?/m0/s1. The first-order valence-corrected chi connectivity index (χ1v) is 6.03. The van der Waals surface area contributed by atoms with Crippen molar-refractivity contribution in [1.82, 2.24) is 0 Å². The lowest BCUT2D eigenvalue weighted by atomic mass is 9.77. The van der Waals surface area contributed by atoms with Gasteiger partial charge in [-0.05, 0) is 18.6 Å². The highest BCUT2D eigenvalue weighted by Crippen LogP contribution is 2.43. The molecule has 1 nitrogen and oxygen atoms in total. The minimum absolute atomic E-state index is 0.249. The summed E-state index contributed by atoms with van der Waals surface area (Å²) < 4.78 is -0.249. The highest BCUT2D eigenvalue weighted by atomic mass is 32.2. The van der Waals surface area contributed by atoms with Gasteiger partial charge in [-0.25, -0.2) is 0 Å². The largest absolute Gasteiger partial charge is 0.197 e. The summed E-state index contributed by atoms with van der Waals surface area (Å²) in [6, 6.07) is 2.49. The Hall–Kier alpha value is -0.940. The van der Waals surface area contributed by atoms with Crippen LogP contribution in [-0.4, -0.2) is 11.0 Å². The molecule has 14 heavy (non-hydrogen) atoms. The second-order valence-electron chi connectivity index (χ2n) is 3.75. The van der Waals surface area contributed by atoms with Crippen LogP contribution >= 0.6 is 11.8 Å². The maximum absolute atomic E-state index is 9.32. The predicted octanol–water partition coefficient (Wildman–Crippen LogP) is 2.93. The van der Waals surface area contributed by atoms with Gasteiger partial charge in [-0.15, -0.1) is 11.8 Å². The maximum atomic E-state index is 9.32. The fraction of sp³-hybridized carbons (Fsp3) is 0.417. The minimum atomic E-state index is -0.249. The van der Waals surface area contributed by atoms with Gasteiger partial charge in [0.2, 0.25) is 0 Å². The highest BCUT2D eigenvalue weighted by molar-refractivity contribution is 8.00. The topological polar surface area (TPSA) is 23.8 Å². The van der Waals surface area contributed by atoms with Gasteiger partial charge in [-0.1, -0.05) is 36.5 Å². The number of hydrogen-bond donors (Lipinski definition) is 0. The fourth-order valence-electron chi connectivity index (χ4n) is 2.10. The molecule has 3 aliphatic rings. The van der Waals surface area contributed by atoms with Crippen molar-refractivity contribution >= 4 is 11.8 Å². The van der Waals surface area contributed by atoms with Crippen LogP contribution in [0.2, 0.25) is 0 Å². The van der Waals surface area contributed by atoms with Crippen LogP contribution in [0.1, 0.15) is 6.42 Å². The van der Waals surface area contributed by atoms with Gasteiger partial charge in [-0.2, -0.15) is 5.26 Å². The Labute approximate surface area is 89.2 Å². The summed E-state index contributed by atoms with van der Waals surface area (Å²) >= 11 is 1.68. The van der Waals surface area contributed by atoms with Crippen molar-refractivity contribution in [3.05, 3.63) is 36.5 Å². The number of nitrogens with zero attached hydrogens (tertiary/aromatic N) is 1. The molecule has 0 saturated carbocycles. The fourth-order valence-corrected chi connectivity index (χ4v) is 2.98. The molecule has 0 aromatic heterocycles. The van der Waals surface area contributed by atoms with Crippen LogP contribution in [0.15, 0.2) is 36.5 Å². The molecular formula is C12H13NS. The number of fused-ring (bicyclic) bond motifs is 2. The number of thioether (sulfide) groups is 1. The smallest absolute Gasteiger partial charge is 0.113 e. The van der Waals surface area contributed by atoms with Crippen LogP contribution in [0.4, 0.5) is 0 Å². The third kappa shape index (κ3) is 1.42. The van der Waals surface area contributed by atoms with Crippen LogP contribution in [0, 0.1) is 23.2 Å². The van der Waals surface area contributed by atoms with Crippen LogP contribution in [0.25, 0.3) is 0 Å². The van der Waals surface area contributed by atoms with Crippen molar-refractivity contribution < 1.29 is 0 Å². The summed E-state index contributed by atoms with van der Waals surface area (Å²) in [4.78, 5) is 0. The molecule has 0 saturated heterocycles. The zero-order valence-electron chi connectivity index (χ0n) is 8.18. The van der Waals surface area contributed by atoms with Crippen LogP contribution in [0.3, 0.4) is 0 Å². The monoisotopic (exact) mass is 203 g/mol. The molecule has 3 atom stereocenters. The summed E-state index contributed by atoms with van der Waals surface area (Å²) in [6.07, 6.45) is 15.8. The van der Waals surface area contributed by atoms with Crippen molar-refractivity contribution in [2.45, 2.75) is 11.2 Å². The van der Waals surface area contributed by atoms with E-state index >= 15 is 0 Å².